The molecule has 3 N–H and O–H groups in total. The van der Waals surface area contributed by atoms with Crippen molar-refractivity contribution in [3.05, 3.63) is 29.6 Å². The highest BCUT2D eigenvalue weighted by atomic mass is 19.1. The van der Waals surface area contributed by atoms with Gasteiger partial charge in [0.05, 0.1) is 12.3 Å². The molecule has 1 fully saturated rings. The molecular formula is C15H23FN2O. The number of nitrogens with two attached hydrogens (primary N) is 1. The highest BCUT2D eigenvalue weighted by molar-refractivity contribution is 5.57. The second-order valence-electron chi connectivity index (χ2n) is 5.32. The van der Waals surface area contributed by atoms with E-state index in [4.69, 9.17) is 5.73 Å². The van der Waals surface area contributed by atoms with Gasteiger partial charge in [-0.1, -0.05) is 25.0 Å². The van der Waals surface area contributed by atoms with Crippen LogP contribution in [-0.4, -0.2) is 24.3 Å². The molecule has 1 aromatic carbocycles. The number of halogens is 1. The molecule has 1 atom stereocenters. The first kappa shape index (κ1) is 14.3. The molecule has 0 aromatic heterocycles. The third-order valence-corrected chi connectivity index (χ3v) is 3.90. The van der Waals surface area contributed by atoms with E-state index in [1.165, 1.54) is 18.9 Å². The van der Waals surface area contributed by atoms with Crippen molar-refractivity contribution in [2.75, 3.05) is 18.1 Å². The topological polar surface area (TPSA) is 49.5 Å². The number of hydrogen-bond acceptors (Lipinski definition) is 3. The number of benzene rings is 1. The van der Waals surface area contributed by atoms with Gasteiger partial charge < -0.3 is 15.7 Å². The maximum Gasteiger partial charge on any atom is 0.146 e. The van der Waals surface area contributed by atoms with Gasteiger partial charge >= 0.3 is 0 Å². The molecule has 106 valence electrons. The van der Waals surface area contributed by atoms with E-state index in [0.29, 0.717) is 18.3 Å². The van der Waals surface area contributed by atoms with Crippen molar-refractivity contribution in [3.63, 3.8) is 0 Å². The summed E-state index contributed by atoms with van der Waals surface area (Å²) >= 11 is 0. The quantitative estimate of drug-likeness (QED) is 0.861. The second-order valence-corrected chi connectivity index (χ2v) is 5.32. The van der Waals surface area contributed by atoms with Crippen LogP contribution in [0.15, 0.2) is 18.2 Å². The predicted molar refractivity (Wildman–Crippen MR) is 75.7 cm³/mol. The van der Waals surface area contributed by atoms with Gasteiger partial charge in [0, 0.05) is 18.6 Å². The number of hydrogen-bond donors (Lipinski definition) is 2. The Balaban J connectivity index is 2.39. The van der Waals surface area contributed by atoms with Gasteiger partial charge in [-0.3, -0.25) is 0 Å². The molecule has 3 nitrogen and oxygen atoms in total. The smallest absolute Gasteiger partial charge is 0.146 e. The van der Waals surface area contributed by atoms with Crippen LogP contribution >= 0.6 is 0 Å². The summed E-state index contributed by atoms with van der Waals surface area (Å²) in [5.74, 6) is -0.241. The molecule has 19 heavy (non-hydrogen) atoms. The van der Waals surface area contributed by atoms with E-state index < -0.39 is 0 Å². The second kappa shape index (κ2) is 6.35. The molecule has 0 saturated heterocycles. The lowest BCUT2D eigenvalue weighted by Crippen LogP contribution is -2.37. The first-order valence-electron chi connectivity index (χ1n) is 7.06. The normalized spacial score (nSPS) is 17.7. The summed E-state index contributed by atoms with van der Waals surface area (Å²) in [6.45, 7) is 2.36. The minimum atomic E-state index is -0.241. The van der Waals surface area contributed by atoms with E-state index in [0.717, 1.165) is 18.4 Å². The van der Waals surface area contributed by atoms with Crippen LogP contribution in [-0.2, 0) is 0 Å². The molecule has 0 unspecified atom stereocenters. The lowest BCUT2D eigenvalue weighted by atomic mass is 10.0. The number of nitrogens with zero attached hydrogens (tertiary/aromatic N) is 1. The van der Waals surface area contributed by atoms with Crippen LogP contribution < -0.4 is 10.6 Å². The van der Waals surface area contributed by atoms with Crippen molar-refractivity contribution in [3.8, 4) is 0 Å². The number of aliphatic hydroxyl groups excluding tert-OH is 1. The number of para-hydroxylation sites is 1. The van der Waals surface area contributed by atoms with Crippen LogP contribution in [0.2, 0.25) is 0 Å². The molecule has 0 bridgehead atoms. The molecule has 0 spiro atoms. The summed E-state index contributed by atoms with van der Waals surface area (Å²) in [6, 6.07) is 5.15. The SMILES string of the molecule is C[C@@H](N)c1cccc(F)c1N(CCO)C1CCCC1. The minimum Gasteiger partial charge on any atom is -0.395 e. The molecule has 1 aromatic rings. The van der Waals surface area contributed by atoms with Gasteiger partial charge in [0.25, 0.3) is 0 Å². The number of aliphatic hydroxyl groups is 1. The Morgan fingerprint density at radius 3 is 2.68 bits per heavy atom. The van der Waals surface area contributed by atoms with E-state index in [1.807, 2.05) is 17.9 Å². The Kier molecular flexibility index (Phi) is 4.77. The summed E-state index contributed by atoms with van der Waals surface area (Å²) in [7, 11) is 0. The fourth-order valence-electron chi connectivity index (χ4n) is 3.00. The van der Waals surface area contributed by atoms with Crippen LogP contribution in [0.25, 0.3) is 0 Å². The van der Waals surface area contributed by atoms with E-state index >= 15 is 0 Å². The van der Waals surface area contributed by atoms with Crippen molar-refractivity contribution in [2.45, 2.75) is 44.7 Å². The molecule has 0 heterocycles. The van der Waals surface area contributed by atoms with E-state index in [2.05, 4.69) is 0 Å². The monoisotopic (exact) mass is 266 g/mol. The van der Waals surface area contributed by atoms with Crippen LogP contribution in [0.5, 0.6) is 0 Å². The number of rotatable bonds is 5. The number of anilines is 1. The zero-order valence-electron chi connectivity index (χ0n) is 11.5. The van der Waals surface area contributed by atoms with Gasteiger partial charge in [0.15, 0.2) is 0 Å². The van der Waals surface area contributed by atoms with E-state index in [9.17, 15) is 9.50 Å². The fourth-order valence-corrected chi connectivity index (χ4v) is 3.00. The first-order valence-corrected chi connectivity index (χ1v) is 7.06. The summed E-state index contributed by atoms with van der Waals surface area (Å²) in [5.41, 5.74) is 7.36. The van der Waals surface area contributed by atoms with Gasteiger partial charge in [0.2, 0.25) is 0 Å². The standard InChI is InChI=1S/C15H23FN2O/c1-11(17)13-7-4-8-14(16)15(13)18(9-10-19)12-5-2-3-6-12/h4,7-8,11-12,19H,2-3,5-6,9-10,17H2,1H3/t11-/m1/s1. The zero-order valence-corrected chi connectivity index (χ0v) is 11.5. The molecule has 4 heteroatoms. The summed E-state index contributed by atoms with van der Waals surface area (Å²) < 4.78 is 14.3. The van der Waals surface area contributed by atoms with Gasteiger partial charge in [0.1, 0.15) is 5.82 Å². The van der Waals surface area contributed by atoms with Crippen molar-refractivity contribution < 1.29 is 9.50 Å². The van der Waals surface area contributed by atoms with Gasteiger partial charge in [-0.2, -0.15) is 0 Å². The first-order chi connectivity index (χ1) is 9.15. The maximum absolute atomic E-state index is 14.3. The average Bonchev–Trinajstić information content (AvgIpc) is 2.89. The third kappa shape index (κ3) is 3.07. The molecule has 0 aliphatic heterocycles. The van der Waals surface area contributed by atoms with Crippen LogP contribution in [0.3, 0.4) is 0 Å². The van der Waals surface area contributed by atoms with Crippen LogP contribution in [0.4, 0.5) is 10.1 Å². The van der Waals surface area contributed by atoms with E-state index in [1.54, 1.807) is 6.07 Å². The molecule has 0 amide bonds. The Morgan fingerprint density at radius 2 is 2.11 bits per heavy atom. The van der Waals surface area contributed by atoms with E-state index in [-0.39, 0.29) is 18.5 Å². The highest BCUT2D eigenvalue weighted by Gasteiger charge is 2.26. The molecule has 0 radical (unpaired) electrons. The lowest BCUT2D eigenvalue weighted by molar-refractivity contribution is 0.296. The molecule has 2 rings (SSSR count). The van der Waals surface area contributed by atoms with Gasteiger partial charge in [-0.05, 0) is 31.4 Å². The summed E-state index contributed by atoms with van der Waals surface area (Å²) in [5, 5.41) is 9.28. The largest absolute Gasteiger partial charge is 0.395 e. The van der Waals surface area contributed by atoms with Crippen molar-refractivity contribution in [1.82, 2.24) is 0 Å². The Labute approximate surface area is 114 Å². The Hall–Kier alpha value is -1.13. The molecule has 1 saturated carbocycles. The fraction of sp³-hybridized carbons (Fsp3) is 0.600. The Morgan fingerprint density at radius 1 is 1.42 bits per heavy atom. The van der Waals surface area contributed by atoms with Gasteiger partial charge in [-0.25, -0.2) is 4.39 Å². The Bertz CT molecular complexity index is 417. The van der Waals surface area contributed by atoms with Crippen molar-refractivity contribution in [2.24, 2.45) is 5.73 Å². The minimum absolute atomic E-state index is 0.0310. The summed E-state index contributed by atoms with van der Waals surface area (Å²) in [4.78, 5) is 2.01. The zero-order chi connectivity index (χ0) is 13.8. The van der Waals surface area contributed by atoms with Crippen LogP contribution in [0, 0.1) is 5.82 Å². The summed E-state index contributed by atoms with van der Waals surface area (Å²) in [6.07, 6.45) is 4.47. The lowest BCUT2D eigenvalue weighted by Gasteiger charge is -2.33. The molecule has 1 aliphatic rings. The molecular weight excluding hydrogens is 243 g/mol. The predicted octanol–water partition coefficient (Wildman–Crippen LogP) is 2.59. The average molecular weight is 266 g/mol. The van der Waals surface area contributed by atoms with Crippen LogP contribution in [0.1, 0.15) is 44.2 Å². The van der Waals surface area contributed by atoms with Gasteiger partial charge in [-0.15, -0.1) is 0 Å². The maximum atomic E-state index is 14.3. The van der Waals surface area contributed by atoms with Crippen molar-refractivity contribution in [1.29, 1.82) is 0 Å². The third-order valence-electron chi connectivity index (χ3n) is 3.90. The molecule has 1 aliphatic carbocycles. The van der Waals surface area contributed by atoms with Crippen molar-refractivity contribution >= 4 is 5.69 Å². The highest BCUT2D eigenvalue weighted by Crippen LogP contribution is 2.34.